The van der Waals surface area contributed by atoms with Crippen LogP contribution < -0.4 is 0 Å². The predicted octanol–water partition coefficient (Wildman–Crippen LogP) is 15.4. The predicted molar refractivity (Wildman–Crippen MR) is 251 cm³/mol. The highest BCUT2D eigenvalue weighted by Gasteiger charge is 2.38. The summed E-state index contributed by atoms with van der Waals surface area (Å²) in [5.41, 5.74) is 18.9. The molecule has 12 aromatic rings. The van der Waals surface area contributed by atoms with Crippen molar-refractivity contribution in [1.82, 2.24) is 9.13 Å². The van der Waals surface area contributed by atoms with Gasteiger partial charge in [-0.05, 0) is 112 Å². The molecular formula is C57H38N2O. The van der Waals surface area contributed by atoms with Crippen LogP contribution in [0.25, 0.3) is 110 Å². The minimum atomic E-state index is -0.174. The van der Waals surface area contributed by atoms with Gasteiger partial charge in [-0.1, -0.05) is 135 Å². The van der Waals surface area contributed by atoms with Crippen LogP contribution in [0.2, 0.25) is 0 Å². The first-order chi connectivity index (χ1) is 29.5. The molecular weight excluding hydrogens is 729 g/mol. The van der Waals surface area contributed by atoms with Crippen molar-refractivity contribution in [3.8, 4) is 44.8 Å². The minimum absolute atomic E-state index is 0.174. The first-order valence-electron chi connectivity index (χ1n) is 20.8. The van der Waals surface area contributed by atoms with Gasteiger partial charge in [0.1, 0.15) is 11.2 Å². The second-order valence-corrected chi connectivity index (χ2v) is 16.9. The van der Waals surface area contributed by atoms with E-state index in [2.05, 4.69) is 217 Å². The third-order valence-corrected chi connectivity index (χ3v) is 13.3. The van der Waals surface area contributed by atoms with E-state index in [-0.39, 0.29) is 5.41 Å². The Bertz CT molecular complexity index is 3730. The maximum Gasteiger partial charge on any atom is 0.143 e. The van der Waals surface area contributed by atoms with Crippen LogP contribution in [0.3, 0.4) is 0 Å². The fourth-order valence-corrected chi connectivity index (χ4v) is 10.4. The summed E-state index contributed by atoms with van der Waals surface area (Å²) in [5, 5.41) is 7.34. The van der Waals surface area contributed by atoms with E-state index in [1.165, 1.54) is 105 Å². The van der Waals surface area contributed by atoms with Gasteiger partial charge >= 0.3 is 0 Å². The molecule has 3 heteroatoms. The summed E-state index contributed by atoms with van der Waals surface area (Å²) in [7, 11) is 0. The van der Waals surface area contributed by atoms with E-state index in [1.807, 2.05) is 0 Å². The molecule has 0 aliphatic heterocycles. The molecule has 3 aromatic heterocycles. The number of aromatic nitrogens is 2. The van der Waals surface area contributed by atoms with Crippen molar-refractivity contribution in [3.05, 3.63) is 205 Å². The lowest BCUT2D eigenvalue weighted by atomic mass is 9.81. The fraction of sp³-hybridized carbons (Fsp3) is 0.0526. The van der Waals surface area contributed by atoms with Crippen molar-refractivity contribution >= 4 is 65.6 Å². The fourth-order valence-electron chi connectivity index (χ4n) is 10.4. The van der Waals surface area contributed by atoms with E-state index in [4.69, 9.17) is 4.42 Å². The third-order valence-electron chi connectivity index (χ3n) is 13.3. The van der Waals surface area contributed by atoms with Crippen LogP contribution in [-0.4, -0.2) is 9.13 Å². The van der Waals surface area contributed by atoms with Crippen LogP contribution in [0, 0.1) is 0 Å². The molecule has 0 unspecified atom stereocenters. The molecule has 0 fully saturated rings. The van der Waals surface area contributed by atoms with E-state index in [0.717, 1.165) is 16.9 Å². The zero-order chi connectivity index (χ0) is 39.7. The molecule has 9 aromatic carbocycles. The van der Waals surface area contributed by atoms with Crippen molar-refractivity contribution in [3.63, 3.8) is 0 Å². The molecule has 1 aliphatic carbocycles. The van der Waals surface area contributed by atoms with Gasteiger partial charge in [-0.15, -0.1) is 0 Å². The summed E-state index contributed by atoms with van der Waals surface area (Å²) in [6.45, 7) is 4.70. The van der Waals surface area contributed by atoms with Crippen LogP contribution in [0.5, 0.6) is 0 Å². The monoisotopic (exact) mass is 766 g/mol. The van der Waals surface area contributed by atoms with Gasteiger partial charge in [0.05, 0.1) is 22.1 Å². The molecule has 282 valence electrons. The van der Waals surface area contributed by atoms with Crippen molar-refractivity contribution in [2.45, 2.75) is 19.3 Å². The number of rotatable bonds is 4. The molecule has 0 spiro atoms. The smallest absolute Gasteiger partial charge is 0.143 e. The number of furan rings is 1. The van der Waals surface area contributed by atoms with Gasteiger partial charge in [0, 0.05) is 54.7 Å². The number of nitrogens with zero attached hydrogens (tertiary/aromatic N) is 2. The molecule has 0 N–H and O–H groups in total. The maximum atomic E-state index is 6.58. The number of hydrogen-bond donors (Lipinski definition) is 0. The van der Waals surface area contributed by atoms with Crippen molar-refractivity contribution in [2.75, 3.05) is 0 Å². The normalized spacial score (nSPS) is 13.3. The molecule has 0 saturated heterocycles. The average Bonchev–Trinajstić information content (AvgIpc) is 4.01. The highest BCUT2D eigenvalue weighted by Crippen LogP contribution is 2.53. The van der Waals surface area contributed by atoms with Crippen LogP contribution >= 0.6 is 0 Å². The Morgan fingerprint density at radius 1 is 0.367 bits per heavy atom. The standard InChI is InChI=1S/C57H38N2O/c1-57(2)48-28-27-44-43-18-10-12-20-54(43)60-56(44)55(48)45-26-22-37(33-49(45)57)38-21-25-42-47-32-36(24-30-52(47)59(53(42)34-38)40-15-7-4-8-16-40)35-23-29-51-46(31-35)41-17-9-11-19-50(41)58(51)39-13-5-3-6-14-39/h3-34H,1-2H3. The van der Waals surface area contributed by atoms with Gasteiger partial charge in [-0.25, -0.2) is 0 Å². The van der Waals surface area contributed by atoms with Gasteiger partial charge in [0.2, 0.25) is 0 Å². The second kappa shape index (κ2) is 12.2. The maximum absolute atomic E-state index is 6.58. The lowest BCUT2D eigenvalue weighted by Gasteiger charge is -2.22. The van der Waals surface area contributed by atoms with E-state index in [0.29, 0.717) is 0 Å². The Morgan fingerprint density at radius 2 is 0.883 bits per heavy atom. The molecule has 0 amide bonds. The number of benzene rings is 9. The summed E-state index contributed by atoms with van der Waals surface area (Å²) >= 11 is 0. The van der Waals surface area contributed by atoms with Gasteiger partial charge in [0.15, 0.2) is 0 Å². The molecule has 0 radical (unpaired) electrons. The summed E-state index contributed by atoms with van der Waals surface area (Å²) in [6, 6.07) is 71.1. The first-order valence-corrected chi connectivity index (χ1v) is 20.8. The highest BCUT2D eigenvalue weighted by atomic mass is 16.3. The number of hydrogen-bond acceptors (Lipinski definition) is 1. The zero-order valence-electron chi connectivity index (χ0n) is 33.3. The Labute approximate surface area is 347 Å². The Balaban J connectivity index is 0.965. The SMILES string of the molecule is CC1(C)c2cc(-c3ccc4c5cc(-c6ccc7c(c6)c6ccccc6n7-c6ccccc6)ccc5n(-c5ccccc5)c4c3)ccc2-c2c1ccc1c2oc2ccccc21. The van der Waals surface area contributed by atoms with Crippen LogP contribution in [0.1, 0.15) is 25.0 Å². The molecule has 1 aliphatic rings. The zero-order valence-corrected chi connectivity index (χ0v) is 33.3. The van der Waals surface area contributed by atoms with E-state index < -0.39 is 0 Å². The largest absolute Gasteiger partial charge is 0.455 e. The summed E-state index contributed by atoms with van der Waals surface area (Å²) in [5.74, 6) is 0. The molecule has 13 rings (SSSR count). The molecule has 0 atom stereocenters. The van der Waals surface area contributed by atoms with Gasteiger partial charge in [-0.3, -0.25) is 0 Å². The lowest BCUT2D eigenvalue weighted by molar-refractivity contribution is 0.653. The number of fused-ring (bicyclic) bond motifs is 13. The van der Waals surface area contributed by atoms with Gasteiger partial charge in [-0.2, -0.15) is 0 Å². The quantitative estimate of drug-likeness (QED) is 0.175. The van der Waals surface area contributed by atoms with E-state index in [9.17, 15) is 0 Å². The van der Waals surface area contributed by atoms with Gasteiger partial charge in [0.25, 0.3) is 0 Å². The molecule has 0 bridgehead atoms. The third kappa shape index (κ3) is 4.60. The first kappa shape index (κ1) is 33.4. The average molecular weight is 767 g/mol. The van der Waals surface area contributed by atoms with Crippen LogP contribution in [-0.2, 0) is 5.41 Å². The summed E-state index contributed by atoms with van der Waals surface area (Å²) < 4.78 is 11.4. The van der Waals surface area contributed by atoms with Crippen LogP contribution in [0.15, 0.2) is 199 Å². The summed E-state index contributed by atoms with van der Waals surface area (Å²) in [4.78, 5) is 0. The molecule has 3 nitrogen and oxygen atoms in total. The molecule has 60 heavy (non-hydrogen) atoms. The van der Waals surface area contributed by atoms with Gasteiger partial charge < -0.3 is 13.6 Å². The van der Waals surface area contributed by atoms with E-state index >= 15 is 0 Å². The second-order valence-electron chi connectivity index (χ2n) is 16.9. The Morgan fingerprint density at radius 3 is 1.60 bits per heavy atom. The van der Waals surface area contributed by atoms with Crippen LogP contribution in [0.4, 0.5) is 0 Å². The lowest BCUT2D eigenvalue weighted by Crippen LogP contribution is -2.14. The Hall–Kier alpha value is -7.62. The molecule has 3 heterocycles. The highest BCUT2D eigenvalue weighted by molar-refractivity contribution is 6.14. The number of para-hydroxylation sites is 4. The van der Waals surface area contributed by atoms with E-state index in [1.54, 1.807) is 0 Å². The topological polar surface area (TPSA) is 23.0 Å². The minimum Gasteiger partial charge on any atom is -0.455 e. The van der Waals surface area contributed by atoms with Crippen molar-refractivity contribution in [2.24, 2.45) is 0 Å². The molecule has 0 saturated carbocycles. The Kier molecular flexibility index (Phi) is 6.78. The summed E-state index contributed by atoms with van der Waals surface area (Å²) in [6.07, 6.45) is 0. The van der Waals surface area contributed by atoms with Crippen molar-refractivity contribution in [1.29, 1.82) is 0 Å². The van der Waals surface area contributed by atoms with Crippen molar-refractivity contribution < 1.29 is 4.42 Å².